The van der Waals surface area contributed by atoms with Crippen molar-refractivity contribution in [3.8, 4) is 0 Å². The zero-order valence-corrected chi connectivity index (χ0v) is 13.0. The number of halogens is 1. The van der Waals surface area contributed by atoms with Crippen LogP contribution < -0.4 is 0 Å². The van der Waals surface area contributed by atoms with Gasteiger partial charge in [0.2, 0.25) is 5.91 Å². The molecule has 1 saturated heterocycles. The van der Waals surface area contributed by atoms with Gasteiger partial charge in [0.25, 0.3) is 0 Å². The van der Waals surface area contributed by atoms with E-state index in [9.17, 15) is 13.2 Å². The van der Waals surface area contributed by atoms with E-state index in [4.69, 9.17) is 11.6 Å². The van der Waals surface area contributed by atoms with Gasteiger partial charge in [0.05, 0.1) is 22.3 Å². The second-order valence-electron chi connectivity index (χ2n) is 4.62. The fourth-order valence-electron chi connectivity index (χ4n) is 2.36. The van der Waals surface area contributed by atoms with Gasteiger partial charge in [-0.1, -0.05) is 11.6 Å². The molecule has 1 aromatic rings. The molecule has 0 N–H and O–H groups in total. The van der Waals surface area contributed by atoms with Crippen LogP contribution in [0, 0.1) is 0 Å². The minimum Gasteiger partial charge on any atom is -0.339 e. The topological polar surface area (TPSA) is 54.5 Å². The van der Waals surface area contributed by atoms with Gasteiger partial charge < -0.3 is 4.90 Å². The highest BCUT2D eigenvalue weighted by Crippen LogP contribution is 2.24. The number of thiophene rings is 1. The Balaban J connectivity index is 2.03. The lowest BCUT2D eigenvalue weighted by Gasteiger charge is -2.26. The predicted octanol–water partition coefficient (Wildman–Crippen LogP) is 1.98. The molecular weight excluding hydrogens is 306 g/mol. The summed E-state index contributed by atoms with van der Waals surface area (Å²) in [6, 6.07) is 3.44. The van der Waals surface area contributed by atoms with Crippen LogP contribution >= 0.6 is 22.9 Å². The first kappa shape index (κ1) is 14.8. The zero-order valence-electron chi connectivity index (χ0n) is 10.6. The van der Waals surface area contributed by atoms with Crippen LogP contribution in [0.4, 0.5) is 0 Å². The Morgan fingerprint density at radius 2 is 2.26 bits per heavy atom. The van der Waals surface area contributed by atoms with E-state index in [0.717, 1.165) is 4.88 Å². The molecule has 4 nitrogen and oxygen atoms in total. The van der Waals surface area contributed by atoms with E-state index in [0.29, 0.717) is 23.7 Å². The Bertz CT molecular complexity index is 567. The van der Waals surface area contributed by atoms with Crippen LogP contribution in [-0.4, -0.2) is 43.3 Å². The van der Waals surface area contributed by atoms with Gasteiger partial charge >= 0.3 is 0 Å². The van der Waals surface area contributed by atoms with E-state index in [1.807, 2.05) is 13.0 Å². The van der Waals surface area contributed by atoms with Crippen LogP contribution in [0.1, 0.15) is 18.2 Å². The van der Waals surface area contributed by atoms with Crippen LogP contribution in [0.2, 0.25) is 4.34 Å². The van der Waals surface area contributed by atoms with Gasteiger partial charge in [-0.3, -0.25) is 4.79 Å². The Morgan fingerprint density at radius 3 is 2.74 bits per heavy atom. The van der Waals surface area contributed by atoms with Gasteiger partial charge in [-0.15, -0.1) is 11.3 Å². The number of sulfone groups is 1. The second-order valence-corrected chi connectivity index (χ2v) is 8.65. The van der Waals surface area contributed by atoms with Crippen molar-refractivity contribution >= 4 is 38.7 Å². The van der Waals surface area contributed by atoms with E-state index in [2.05, 4.69) is 0 Å². The lowest BCUT2D eigenvalue weighted by Crippen LogP contribution is -2.41. The van der Waals surface area contributed by atoms with Crippen molar-refractivity contribution in [3.63, 3.8) is 0 Å². The van der Waals surface area contributed by atoms with Crippen molar-refractivity contribution in [3.05, 3.63) is 21.3 Å². The number of carbonyl (C=O) groups is 1. The molecule has 1 aromatic heterocycles. The van der Waals surface area contributed by atoms with E-state index in [1.54, 1.807) is 11.0 Å². The molecule has 0 aromatic carbocycles. The van der Waals surface area contributed by atoms with Crippen LogP contribution in [0.3, 0.4) is 0 Å². The molecule has 0 bridgehead atoms. The molecule has 1 unspecified atom stereocenters. The fraction of sp³-hybridized carbons (Fsp3) is 0.583. The van der Waals surface area contributed by atoms with Crippen molar-refractivity contribution in [1.29, 1.82) is 0 Å². The molecule has 1 amide bonds. The summed E-state index contributed by atoms with van der Waals surface area (Å²) in [6.45, 7) is 2.42. The van der Waals surface area contributed by atoms with Gasteiger partial charge in [-0.25, -0.2) is 8.42 Å². The first-order valence-corrected chi connectivity index (χ1v) is 9.17. The maximum atomic E-state index is 12.2. The summed E-state index contributed by atoms with van der Waals surface area (Å²) in [6.07, 6.45) is 0.842. The normalized spacial score (nSPS) is 21.5. The van der Waals surface area contributed by atoms with Crippen molar-refractivity contribution in [2.75, 3.05) is 18.1 Å². The molecule has 19 heavy (non-hydrogen) atoms. The van der Waals surface area contributed by atoms with Crippen molar-refractivity contribution in [1.82, 2.24) is 4.90 Å². The Kier molecular flexibility index (Phi) is 4.53. The molecule has 1 aliphatic rings. The molecule has 0 aliphatic carbocycles. The summed E-state index contributed by atoms with van der Waals surface area (Å²) in [5, 5.41) is 0. The minimum atomic E-state index is -2.97. The fourth-order valence-corrected chi connectivity index (χ4v) is 5.17. The van der Waals surface area contributed by atoms with Crippen LogP contribution in [-0.2, 0) is 21.1 Å². The quantitative estimate of drug-likeness (QED) is 0.852. The van der Waals surface area contributed by atoms with Gasteiger partial charge in [-0.05, 0) is 25.5 Å². The highest BCUT2D eigenvalue weighted by Gasteiger charge is 2.33. The Labute approximate surface area is 122 Å². The maximum Gasteiger partial charge on any atom is 0.228 e. The molecule has 1 atom stereocenters. The third-order valence-corrected chi connectivity index (χ3v) is 6.25. The molecule has 2 rings (SSSR count). The molecule has 1 fully saturated rings. The molecule has 1 aliphatic heterocycles. The summed E-state index contributed by atoms with van der Waals surface area (Å²) in [4.78, 5) is 14.8. The van der Waals surface area contributed by atoms with Gasteiger partial charge in [-0.2, -0.15) is 0 Å². The highest BCUT2D eigenvalue weighted by molar-refractivity contribution is 7.91. The number of nitrogens with zero attached hydrogens (tertiary/aromatic N) is 1. The van der Waals surface area contributed by atoms with E-state index >= 15 is 0 Å². The first-order chi connectivity index (χ1) is 8.91. The van der Waals surface area contributed by atoms with Crippen LogP contribution in [0.5, 0.6) is 0 Å². The minimum absolute atomic E-state index is 0.0249. The number of hydrogen-bond acceptors (Lipinski definition) is 4. The summed E-state index contributed by atoms with van der Waals surface area (Å²) in [5.74, 6) is 0.257. The third kappa shape index (κ3) is 3.70. The van der Waals surface area contributed by atoms with Gasteiger partial charge in [0.15, 0.2) is 9.84 Å². The summed E-state index contributed by atoms with van der Waals surface area (Å²) in [7, 11) is -2.97. The number of likely N-dealkylation sites (N-methyl/N-ethyl adjacent to an activating group) is 1. The van der Waals surface area contributed by atoms with E-state index < -0.39 is 9.84 Å². The van der Waals surface area contributed by atoms with E-state index in [-0.39, 0.29) is 23.5 Å². The zero-order chi connectivity index (χ0) is 14.0. The number of rotatable bonds is 4. The molecule has 7 heteroatoms. The monoisotopic (exact) mass is 321 g/mol. The summed E-state index contributed by atoms with van der Waals surface area (Å²) in [5.41, 5.74) is 0. The average molecular weight is 322 g/mol. The number of hydrogen-bond donors (Lipinski definition) is 0. The maximum absolute atomic E-state index is 12.2. The van der Waals surface area contributed by atoms with Crippen LogP contribution in [0.15, 0.2) is 12.1 Å². The summed E-state index contributed by atoms with van der Waals surface area (Å²) >= 11 is 7.22. The van der Waals surface area contributed by atoms with Crippen LogP contribution in [0.25, 0.3) is 0 Å². The molecule has 106 valence electrons. The summed E-state index contributed by atoms with van der Waals surface area (Å²) < 4.78 is 23.6. The lowest BCUT2D eigenvalue weighted by atomic mass is 10.2. The Morgan fingerprint density at radius 1 is 1.53 bits per heavy atom. The standard InChI is InChI=1S/C12H16ClNO3S2/c1-2-14(9-5-6-19(16,17)8-9)12(15)7-10-3-4-11(13)18-10/h3-4,9H,2,5-8H2,1H3. The largest absolute Gasteiger partial charge is 0.339 e. The number of carbonyl (C=O) groups excluding carboxylic acids is 1. The SMILES string of the molecule is CCN(C(=O)Cc1ccc(Cl)s1)C1CCS(=O)(=O)C1. The molecule has 0 radical (unpaired) electrons. The first-order valence-electron chi connectivity index (χ1n) is 6.15. The lowest BCUT2D eigenvalue weighted by molar-refractivity contribution is -0.132. The van der Waals surface area contributed by atoms with Crippen molar-refractivity contribution in [2.24, 2.45) is 0 Å². The van der Waals surface area contributed by atoms with Gasteiger partial charge in [0, 0.05) is 17.5 Å². The van der Waals surface area contributed by atoms with E-state index in [1.165, 1.54) is 11.3 Å². The third-order valence-electron chi connectivity index (χ3n) is 3.26. The average Bonchev–Trinajstić information content (AvgIpc) is 2.86. The second kappa shape index (κ2) is 5.81. The Hall–Kier alpha value is -0.590. The van der Waals surface area contributed by atoms with Crippen molar-refractivity contribution in [2.45, 2.75) is 25.8 Å². The smallest absolute Gasteiger partial charge is 0.228 e. The molecular formula is C12H16ClNO3S2. The molecule has 0 saturated carbocycles. The van der Waals surface area contributed by atoms with Crippen molar-refractivity contribution < 1.29 is 13.2 Å². The molecule has 2 heterocycles. The number of amides is 1. The van der Waals surface area contributed by atoms with Gasteiger partial charge in [0.1, 0.15) is 0 Å². The predicted molar refractivity (Wildman–Crippen MR) is 77.5 cm³/mol. The molecule has 0 spiro atoms. The highest BCUT2D eigenvalue weighted by atomic mass is 35.5.